The average Bonchev–Trinajstić information content (AvgIpc) is 2.52. The number of rotatable bonds is 9. The summed E-state index contributed by atoms with van der Waals surface area (Å²) in [4.78, 5) is 11.4. The average molecular weight is 400 g/mol. The van der Waals surface area contributed by atoms with Crippen LogP contribution in [-0.2, 0) is 20.0 Å². The number of anilines is 2. The molecule has 12 heteroatoms. The van der Waals surface area contributed by atoms with Crippen molar-refractivity contribution in [3.05, 3.63) is 23.8 Å². The molecule has 0 saturated carbocycles. The Labute approximate surface area is 144 Å². The van der Waals surface area contributed by atoms with Gasteiger partial charge >= 0.3 is 5.97 Å². The van der Waals surface area contributed by atoms with Gasteiger partial charge in [0.05, 0.1) is 11.4 Å². The van der Waals surface area contributed by atoms with Gasteiger partial charge in [0.25, 0.3) is 20.0 Å². The number of nitrogens with one attached hydrogen (secondary N) is 2. The van der Waals surface area contributed by atoms with Crippen LogP contribution in [0.4, 0.5) is 20.2 Å². The SMILES string of the molecule is CCC(F)S(=O)(=O)Nc1cccc(NS(=O)(=O)C(F)CC)c1C(=O)O. The normalized spacial score (nSPS) is 14.6. The van der Waals surface area contributed by atoms with Gasteiger partial charge in [0.2, 0.25) is 11.0 Å². The number of aromatic carboxylic acids is 1. The molecule has 0 aliphatic carbocycles. The van der Waals surface area contributed by atoms with Crippen molar-refractivity contribution >= 4 is 37.4 Å². The van der Waals surface area contributed by atoms with Crippen LogP contribution in [0.5, 0.6) is 0 Å². The molecule has 1 aromatic rings. The summed E-state index contributed by atoms with van der Waals surface area (Å²) in [6.07, 6.45) is -0.742. The van der Waals surface area contributed by atoms with E-state index in [9.17, 15) is 35.5 Å². The Bertz CT molecular complexity index is 782. The fourth-order valence-electron chi connectivity index (χ4n) is 1.83. The van der Waals surface area contributed by atoms with Crippen LogP contribution in [0.25, 0.3) is 0 Å². The van der Waals surface area contributed by atoms with Gasteiger partial charge in [-0.2, -0.15) is 0 Å². The van der Waals surface area contributed by atoms with Gasteiger partial charge in [-0.3, -0.25) is 9.44 Å². The summed E-state index contributed by atoms with van der Waals surface area (Å²) in [7, 11) is -9.06. The summed E-state index contributed by atoms with van der Waals surface area (Å²) < 4.78 is 77.7. The van der Waals surface area contributed by atoms with E-state index in [1.54, 1.807) is 9.44 Å². The summed E-state index contributed by atoms with van der Waals surface area (Å²) in [5.74, 6) is -1.69. The van der Waals surface area contributed by atoms with Gasteiger partial charge in [0.1, 0.15) is 5.56 Å². The molecule has 25 heavy (non-hydrogen) atoms. The zero-order valence-electron chi connectivity index (χ0n) is 13.4. The smallest absolute Gasteiger partial charge is 0.339 e. The molecule has 1 rings (SSSR count). The van der Waals surface area contributed by atoms with Gasteiger partial charge in [-0.25, -0.2) is 30.4 Å². The second-order valence-corrected chi connectivity index (χ2v) is 8.58. The van der Waals surface area contributed by atoms with Crippen molar-refractivity contribution in [2.45, 2.75) is 37.7 Å². The maximum atomic E-state index is 13.5. The number of alkyl halides is 2. The zero-order chi connectivity index (χ0) is 19.4. The van der Waals surface area contributed by atoms with Gasteiger partial charge < -0.3 is 5.11 Å². The van der Waals surface area contributed by atoms with E-state index in [1.807, 2.05) is 0 Å². The van der Waals surface area contributed by atoms with Crippen LogP contribution in [-0.4, -0.2) is 38.9 Å². The fourth-order valence-corrected chi connectivity index (χ4v) is 3.91. The second kappa shape index (κ2) is 7.95. The number of halogens is 2. The zero-order valence-corrected chi connectivity index (χ0v) is 15.0. The highest BCUT2D eigenvalue weighted by Crippen LogP contribution is 2.28. The molecule has 2 atom stereocenters. The molecule has 0 bridgehead atoms. The maximum Gasteiger partial charge on any atom is 0.339 e. The fraction of sp³-hybridized carbons (Fsp3) is 0.462. The highest BCUT2D eigenvalue weighted by atomic mass is 32.2. The molecule has 0 spiro atoms. The van der Waals surface area contributed by atoms with Gasteiger partial charge in [0.15, 0.2) is 0 Å². The van der Waals surface area contributed by atoms with Crippen LogP contribution in [0.15, 0.2) is 18.2 Å². The number of benzene rings is 1. The highest BCUT2D eigenvalue weighted by molar-refractivity contribution is 7.93. The first-order chi connectivity index (χ1) is 11.5. The Morgan fingerprint density at radius 2 is 1.36 bits per heavy atom. The minimum Gasteiger partial charge on any atom is -0.478 e. The highest BCUT2D eigenvalue weighted by Gasteiger charge is 2.29. The van der Waals surface area contributed by atoms with Crippen LogP contribution >= 0.6 is 0 Å². The van der Waals surface area contributed by atoms with E-state index in [4.69, 9.17) is 0 Å². The van der Waals surface area contributed by atoms with Gasteiger partial charge in [0, 0.05) is 0 Å². The van der Waals surface area contributed by atoms with Crippen molar-refractivity contribution in [2.24, 2.45) is 0 Å². The summed E-state index contributed by atoms with van der Waals surface area (Å²) in [5, 5.41) is 9.27. The van der Waals surface area contributed by atoms with Crippen LogP contribution < -0.4 is 9.44 Å². The summed E-state index contributed by atoms with van der Waals surface area (Å²) in [6.45, 7) is 2.55. The number of carbonyl (C=O) groups is 1. The third-order valence-corrected chi connectivity index (χ3v) is 6.12. The first-order valence-electron chi connectivity index (χ1n) is 7.14. The van der Waals surface area contributed by atoms with Crippen LogP contribution in [0.1, 0.15) is 37.0 Å². The third-order valence-electron chi connectivity index (χ3n) is 3.10. The number of carboxylic acids is 1. The Kier molecular flexibility index (Phi) is 6.71. The van der Waals surface area contributed by atoms with E-state index < -0.39 is 54.0 Å². The Hall–Kier alpha value is -1.95. The van der Waals surface area contributed by atoms with Crippen molar-refractivity contribution in [3.63, 3.8) is 0 Å². The van der Waals surface area contributed by atoms with Crippen molar-refractivity contribution < 1.29 is 35.5 Å². The van der Waals surface area contributed by atoms with E-state index in [2.05, 4.69) is 0 Å². The minimum atomic E-state index is -4.53. The molecule has 142 valence electrons. The molecule has 0 aromatic heterocycles. The Balaban J connectivity index is 3.39. The maximum absolute atomic E-state index is 13.5. The lowest BCUT2D eigenvalue weighted by Gasteiger charge is -2.17. The van der Waals surface area contributed by atoms with E-state index in [1.165, 1.54) is 13.8 Å². The standard InChI is InChI=1S/C13H18F2N2O6S2/c1-3-10(14)24(20,21)16-8-6-5-7-9(12(8)13(18)19)17-25(22,23)11(15)4-2/h5-7,10-11,16-17H,3-4H2,1-2H3,(H,18,19). The van der Waals surface area contributed by atoms with E-state index >= 15 is 0 Å². The molecule has 0 aliphatic heterocycles. The molecule has 0 amide bonds. The first-order valence-corrected chi connectivity index (χ1v) is 10.2. The molecule has 1 aromatic carbocycles. The van der Waals surface area contributed by atoms with E-state index in [0.717, 1.165) is 18.2 Å². The van der Waals surface area contributed by atoms with Crippen LogP contribution in [0.2, 0.25) is 0 Å². The number of sulfonamides is 2. The molecule has 0 saturated heterocycles. The number of hydrogen-bond acceptors (Lipinski definition) is 5. The summed E-state index contributed by atoms with van der Waals surface area (Å²) in [6, 6.07) is 3.18. The van der Waals surface area contributed by atoms with Gasteiger partial charge in [-0.15, -0.1) is 0 Å². The molecular formula is C13H18F2N2O6S2. The quantitative estimate of drug-likeness (QED) is 0.583. The first kappa shape index (κ1) is 21.1. The Morgan fingerprint density at radius 3 is 1.64 bits per heavy atom. The van der Waals surface area contributed by atoms with Gasteiger partial charge in [-0.05, 0) is 25.0 Å². The molecule has 0 heterocycles. The molecule has 0 radical (unpaired) electrons. The molecule has 3 N–H and O–H groups in total. The monoisotopic (exact) mass is 400 g/mol. The molecule has 0 fully saturated rings. The predicted octanol–water partition coefficient (Wildman–Crippen LogP) is 2.28. The molecule has 0 aliphatic rings. The molecule has 8 nitrogen and oxygen atoms in total. The molecular weight excluding hydrogens is 382 g/mol. The number of hydrogen-bond donors (Lipinski definition) is 3. The second-order valence-electron chi connectivity index (χ2n) is 4.96. The predicted molar refractivity (Wildman–Crippen MR) is 88.9 cm³/mol. The van der Waals surface area contributed by atoms with Crippen molar-refractivity contribution in [3.8, 4) is 0 Å². The lowest BCUT2D eigenvalue weighted by atomic mass is 10.1. The third kappa shape index (κ3) is 5.01. The van der Waals surface area contributed by atoms with E-state index in [-0.39, 0.29) is 12.8 Å². The number of carboxylic acid groups (broad SMARTS) is 1. The lowest BCUT2D eigenvalue weighted by molar-refractivity contribution is 0.0699. The summed E-state index contributed by atoms with van der Waals surface area (Å²) in [5.41, 5.74) is -6.44. The van der Waals surface area contributed by atoms with Crippen LogP contribution in [0.3, 0.4) is 0 Å². The minimum absolute atomic E-state index is 0.371. The van der Waals surface area contributed by atoms with Gasteiger partial charge in [-0.1, -0.05) is 19.9 Å². The van der Waals surface area contributed by atoms with Crippen molar-refractivity contribution in [2.75, 3.05) is 9.44 Å². The van der Waals surface area contributed by atoms with Crippen molar-refractivity contribution in [1.82, 2.24) is 0 Å². The van der Waals surface area contributed by atoms with Crippen molar-refractivity contribution in [1.29, 1.82) is 0 Å². The van der Waals surface area contributed by atoms with E-state index in [0.29, 0.717) is 0 Å². The lowest BCUT2D eigenvalue weighted by Crippen LogP contribution is -2.27. The topological polar surface area (TPSA) is 130 Å². The molecule has 2 unspecified atom stereocenters. The Morgan fingerprint density at radius 1 is 1.00 bits per heavy atom. The summed E-state index contributed by atoms with van der Waals surface area (Å²) >= 11 is 0. The largest absolute Gasteiger partial charge is 0.478 e. The van der Waals surface area contributed by atoms with Crippen LogP contribution in [0, 0.1) is 0 Å².